The van der Waals surface area contributed by atoms with Crippen LogP contribution in [0.15, 0.2) is 54.0 Å². The zero-order valence-corrected chi connectivity index (χ0v) is 17.1. The largest absolute Gasteiger partial charge is 0.462 e. The van der Waals surface area contributed by atoms with E-state index in [-0.39, 0.29) is 18.7 Å². The fourth-order valence-electron chi connectivity index (χ4n) is 3.11. The standard InChI is InChI=1S/C22H24N4O4/c1-4-12-26-20-16(14-24-19(25-20)15-9-7-6-8-10-15)18(23-11-13-29-3)17(21(26)27)22(28)30-5-2/h4,6-10,14,23H,1,5,11-13H2,2-3H3. The van der Waals surface area contributed by atoms with Gasteiger partial charge in [0, 0.05) is 32.0 Å². The smallest absolute Gasteiger partial charge is 0.345 e. The quantitative estimate of drug-likeness (QED) is 0.330. The average Bonchev–Trinajstić information content (AvgIpc) is 2.76. The number of fused-ring (bicyclic) bond motifs is 1. The molecule has 1 aromatic carbocycles. The molecule has 0 atom stereocenters. The molecular weight excluding hydrogens is 384 g/mol. The van der Waals surface area contributed by atoms with Crippen molar-refractivity contribution in [2.45, 2.75) is 13.5 Å². The van der Waals surface area contributed by atoms with Gasteiger partial charge in [-0.25, -0.2) is 14.8 Å². The average molecular weight is 408 g/mol. The van der Waals surface area contributed by atoms with E-state index in [9.17, 15) is 9.59 Å². The van der Waals surface area contributed by atoms with Gasteiger partial charge in [-0.05, 0) is 6.92 Å². The molecule has 30 heavy (non-hydrogen) atoms. The number of pyridine rings is 1. The van der Waals surface area contributed by atoms with E-state index >= 15 is 0 Å². The Labute approximate surface area is 174 Å². The van der Waals surface area contributed by atoms with Crippen LogP contribution in [0.1, 0.15) is 17.3 Å². The van der Waals surface area contributed by atoms with Gasteiger partial charge in [-0.3, -0.25) is 9.36 Å². The van der Waals surface area contributed by atoms with Crippen LogP contribution in [0, 0.1) is 0 Å². The predicted molar refractivity (Wildman–Crippen MR) is 116 cm³/mol. The Balaban J connectivity index is 2.30. The summed E-state index contributed by atoms with van der Waals surface area (Å²) in [4.78, 5) is 35.0. The van der Waals surface area contributed by atoms with Crippen molar-refractivity contribution in [1.82, 2.24) is 14.5 Å². The zero-order valence-electron chi connectivity index (χ0n) is 17.1. The summed E-state index contributed by atoms with van der Waals surface area (Å²) in [7, 11) is 1.57. The Morgan fingerprint density at radius 2 is 2.07 bits per heavy atom. The third-order valence-electron chi connectivity index (χ3n) is 4.43. The summed E-state index contributed by atoms with van der Waals surface area (Å²) < 4.78 is 11.6. The van der Waals surface area contributed by atoms with Crippen LogP contribution in [0.25, 0.3) is 22.4 Å². The summed E-state index contributed by atoms with van der Waals surface area (Å²) in [6.45, 7) is 6.54. The summed E-state index contributed by atoms with van der Waals surface area (Å²) in [6, 6.07) is 9.47. The second kappa shape index (κ2) is 9.80. The Kier molecular flexibility index (Phi) is 6.92. The molecule has 8 heteroatoms. The molecule has 0 fully saturated rings. The van der Waals surface area contributed by atoms with Gasteiger partial charge in [-0.1, -0.05) is 36.4 Å². The van der Waals surface area contributed by atoms with Crippen LogP contribution in [0.4, 0.5) is 5.69 Å². The molecule has 0 amide bonds. The van der Waals surface area contributed by atoms with Crippen LogP contribution in [-0.4, -0.2) is 47.4 Å². The number of carbonyl (C=O) groups is 1. The molecule has 3 rings (SSSR count). The number of carbonyl (C=O) groups excluding carboxylic acids is 1. The number of nitrogens with zero attached hydrogens (tertiary/aromatic N) is 3. The van der Waals surface area contributed by atoms with Gasteiger partial charge >= 0.3 is 5.97 Å². The molecule has 2 aromatic heterocycles. The lowest BCUT2D eigenvalue weighted by atomic mass is 10.1. The molecule has 1 N–H and O–H groups in total. The molecule has 0 unspecified atom stereocenters. The van der Waals surface area contributed by atoms with Crippen LogP contribution in [0.2, 0.25) is 0 Å². The second-order valence-electron chi connectivity index (χ2n) is 6.39. The molecule has 0 aliphatic carbocycles. The summed E-state index contributed by atoms with van der Waals surface area (Å²) >= 11 is 0. The molecule has 3 aromatic rings. The minimum Gasteiger partial charge on any atom is -0.462 e. The molecule has 0 spiro atoms. The Bertz CT molecular complexity index is 1110. The van der Waals surface area contributed by atoms with Gasteiger partial charge in [0.25, 0.3) is 5.56 Å². The minimum atomic E-state index is -0.700. The lowest BCUT2D eigenvalue weighted by Gasteiger charge is -2.17. The molecule has 0 saturated heterocycles. The summed E-state index contributed by atoms with van der Waals surface area (Å²) in [5.41, 5.74) is 0.976. The maximum atomic E-state index is 13.3. The molecule has 156 valence electrons. The fraction of sp³-hybridized carbons (Fsp3) is 0.273. The first kappa shape index (κ1) is 21.2. The highest BCUT2D eigenvalue weighted by Gasteiger charge is 2.24. The van der Waals surface area contributed by atoms with Gasteiger partial charge < -0.3 is 14.8 Å². The monoisotopic (exact) mass is 408 g/mol. The number of esters is 1. The molecule has 0 bridgehead atoms. The first-order valence-corrected chi connectivity index (χ1v) is 9.62. The first-order valence-electron chi connectivity index (χ1n) is 9.62. The molecule has 0 radical (unpaired) electrons. The number of aromatic nitrogens is 3. The number of allylic oxidation sites excluding steroid dienone is 1. The van der Waals surface area contributed by atoms with Gasteiger partial charge in [0.05, 0.1) is 24.3 Å². The Morgan fingerprint density at radius 3 is 2.73 bits per heavy atom. The van der Waals surface area contributed by atoms with E-state index in [2.05, 4.69) is 21.9 Å². The molecular formula is C22H24N4O4. The van der Waals surface area contributed by atoms with Gasteiger partial charge in [0.15, 0.2) is 5.82 Å². The molecule has 0 aliphatic rings. The number of ether oxygens (including phenoxy) is 2. The number of methoxy groups -OCH3 is 1. The van der Waals surface area contributed by atoms with E-state index in [1.165, 1.54) is 4.57 Å². The predicted octanol–water partition coefficient (Wildman–Crippen LogP) is 2.88. The molecule has 0 saturated carbocycles. The second-order valence-corrected chi connectivity index (χ2v) is 6.39. The summed E-state index contributed by atoms with van der Waals surface area (Å²) in [5.74, 6) is -0.221. The third kappa shape index (κ3) is 4.23. The van der Waals surface area contributed by atoms with Crippen molar-refractivity contribution in [3.8, 4) is 11.4 Å². The maximum Gasteiger partial charge on any atom is 0.345 e. The number of benzene rings is 1. The number of hydrogen-bond acceptors (Lipinski definition) is 7. The van der Waals surface area contributed by atoms with E-state index in [1.54, 1.807) is 26.3 Å². The number of nitrogens with one attached hydrogen (secondary N) is 1. The van der Waals surface area contributed by atoms with Crippen molar-refractivity contribution in [2.75, 3.05) is 32.2 Å². The van der Waals surface area contributed by atoms with Crippen molar-refractivity contribution in [1.29, 1.82) is 0 Å². The SMILES string of the molecule is C=CCn1c(=O)c(C(=O)OCC)c(NCCOC)c2cnc(-c3ccccc3)nc21. The minimum absolute atomic E-state index is 0.0848. The Morgan fingerprint density at radius 1 is 1.30 bits per heavy atom. The van der Waals surface area contributed by atoms with Gasteiger partial charge in [0.2, 0.25) is 0 Å². The number of rotatable bonds is 9. The highest BCUT2D eigenvalue weighted by atomic mass is 16.5. The van der Waals surface area contributed by atoms with Crippen LogP contribution < -0.4 is 10.9 Å². The van der Waals surface area contributed by atoms with Crippen molar-refractivity contribution in [3.05, 3.63) is 65.1 Å². The van der Waals surface area contributed by atoms with E-state index in [0.717, 1.165) is 5.56 Å². The summed E-state index contributed by atoms with van der Waals surface area (Å²) in [6.07, 6.45) is 3.19. The molecule has 8 nitrogen and oxygen atoms in total. The molecule has 2 heterocycles. The van der Waals surface area contributed by atoms with E-state index in [0.29, 0.717) is 35.7 Å². The first-order chi connectivity index (χ1) is 14.6. The van der Waals surface area contributed by atoms with Crippen molar-refractivity contribution in [2.24, 2.45) is 0 Å². The molecule has 0 aliphatic heterocycles. The van der Waals surface area contributed by atoms with Crippen molar-refractivity contribution < 1.29 is 14.3 Å². The maximum absolute atomic E-state index is 13.3. The van der Waals surface area contributed by atoms with Crippen molar-refractivity contribution in [3.63, 3.8) is 0 Å². The zero-order chi connectivity index (χ0) is 21.5. The fourth-order valence-corrected chi connectivity index (χ4v) is 3.11. The van der Waals surface area contributed by atoms with Crippen molar-refractivity contribution >= 4 is 22.7 Å². The van der Waals surface area contributed by atoms with Crippen LogP contribution >= 0.6 is 0 Å². The van der Waals surface area contributed by atoms with E-state index in [4.69, 9.17) is 9.47 Å². The highest BCUT2D eigenvalue weighted by molar-refractivity contribution is 6.04. The van der Waals surface area contributed by atoms with E-state index in [1.807, 2.05) is 30.3 Å². The van der Waals surface area contributed by atoms with Crippen LogP contribution in [-0.2, 0) is 16.0 Å². The summed E-state index contributed by atoms with van der Waals surface area (Å²) in [5, 5.41) is 3.66. The topological polar surface area (TPSA) is 95.3 Å². The van der Waals surface area contributed by atoms with Gasteiger partial charge in [0.1, 0.15) is 11.2 Å². The lowest BCUT2D eigenvalue weighted by Crippen LogP contribution is -2.30. The number of anilines is 1. The van der Waals surface area contributed by atoms with Crippen LogP contribution in [0.3, 0.4) is 0 Å². The van der Waals surface area contributed by atoms with Crippen LogP contribution in [0.5, 0.6) is 0 Å². The highest BCUT2D eigenvalue weighted by Crippen LogP contribution is 2.26. The Hall–Kier alpha value is -3.52. The van der Waals surface area contributed by atoms with Gasteiger partial charge in [-0.15, -0.1) is 6.58 Å². The lowest BCUT2D eigenvalue weighted by molar-refractivity contribution is 0.0525. The normalized spacial score (nSPS) is 10.7. The van der Waals surface area contributed by atoms with E-state index < -0.39 is 11.5 Å². The van der Waals surface area contributed by atoms with Gasteiger partial charge in [-0.2, -0.15) is 0 Å². The number of hydrogen-bond donors (Lipinski definition) is 1. The third-order valence-corrected chi connectivity index (χ3v) is 4.43.